The molecule has 0 aliphatic carbocycles. The third kappa shape index (κ3) is 6.99. The molecule has 0 saturated carbocycles. The number of rotatable bonds is 11. The van der Waals surface area contributed by atoms with Crippen molar-refractivity contribution in [3.8, 4) is 17.2 Å². The summed E-state index contributed by atoms with van der Waals surface area (Å²) in [5.74, 6) is 0.775. The highest BCUT2D eigenvalue weighted by molar-refractivity contribution is 5.99. The van der Waals surface area contributed by atoms with Gasteiger partial charge in [0.1, 0.15) is 5.75 Å². The molecule has 7 heteroatoms. The van der Waals surface area contributed by atoms with Gasteiger partial charge in [0.05, 0.1) is 20.8 Å². The van der Waals surface area contributed by atoms with Crippen LogP contribution in [0.5, 0.6) is 17.2 Å². The molecule has 0 heterocycles. The number of nitrogens with one attached hydrogen (secondary N) is 2. The van der Waals surface area contributed by atoms with Crippen LogP contribution in [-0.2, 0) is 0 Å². The lowest BCUT2D eigenvalue weighted by Gasteiger charge is -2.11. The Labute approximate surface area is 177 Å². The largest absolute Gasteiger partial charge is 0.494 e. The van der Waals surface area contributed by atoms with Gasteiger partial charge in [0.15, 0.2) is 11.5 Å². The zero-order valence-corrected chi connectivity index (χ0v) is 17.8. The van der Waals surface area contributed by atoms with Crippen LogP contribution in [0.15, 0.2) is 42.5 Å². The number of carbonyl (C=O) groups is 2. The summed E-state index contributed by atoms with van der Waals surface area (Å²) in [6, 6.07) is 11.5. The molecule has 7 nitrogen and oxygen atoms in total. The number of hydrazine groups is 1. The Bertz CT molecular complexity index is 821. The lowest BCUT2D eigenvalue weighted by Crippen LogP contribution is -2.41. The first-order valence-electron chi connectivity index (χ1n) is 10.1. The van der Waals surface area contributed by atoms with Gasteiger partial charge in [-0.15, -0.1) is 0 Å². The van der Waals surface area contributed by atoms with Gasteiger partial charge >= 0.3 is 0 Å². The van der Waals surface area contributed by atoms with Crippen LogP contribution in [0.1, 0.15) is 59.7 Å². The van der Waals surface area contributed by atoms with Gasteiger partial charge in [-0.1, -0.05) is 32.6 Å². The predicted molar refractivity (Wildman–Crippen MR) is 115 cm³/mol. The topological polar surface area (TPSA) is 85.9 Å². The Morgan fingerprint density at radius 3 is 2.00 bits per heavy atom. The molecule has 0 spiro atoms. The average Bonchev–Trinajstić information content (AvgIpc) is 2.79. The standard InChI is InChI=1S/C23H30N2O5/c1-4-5-6-7-8-15-30-19-12-9-17(10-13-19)22(26)24-25-23(27)18-11-14-20(28-2)21(16-18)29-3/h9-14,16H,4-8,15H2,1-3H3,(H,24,26)(H,25,27). The number of methoxy groups -OCH3 is 2. The fraction of sp³-hybridized carbons (Fsp3) is 0.391. The minimum Gasteiger partial charge on any atom is -0.494 e. The van der Waals surface area contributed by atoms with Gasteiger partial charge in [-0.25, -0.2) is 0 Å². The molecule has 0 saturated heterocycles. The van der Waals surface area contributed by atoms with E-state index in [0.717, 1.165) is 18.6 Å². The minimum absolute atomic E-state index is 0.329. The second-order valence-electron chi connectivity index (χ2n) is 6.77. The highest BCUT2D eigenvalue weighted by atomic mass is 16.5. The van der Waals surface area contributed by atoms with Crippen molar-refractivity contribution in [2.45, 2.75) is 39.0 Å². The van der Waals surface area contributed by atoms with E-state index in [1.54, 1.807) is 36.4 Å². The highest BCUT2D eigenvalue weighted by Crippen LogP contribution is 2.27. The average molecular weight is 415 g/mol. The summed E-state index contributed by atoms with van der Waals surface area (Å²) in [5.41, 5.74) is 5.54. The first-order chi connectivity index (χ1) is 14.6. The fourth-order valence-corrected chi connectivity index (χ4v) is 2.83. The minimum atomic E-state index is -0.465. The van der Waals surface area contributed by atoms with E-state index in [2.05, 4.69) is 17.8 Å². The summed E-state index contributed by atoms with van der Waals surface area (Å²) in [4.78, 5) is 24.5. The van der Waals surface area contributed by atoms with E-state index in [-0.39, 0.29) is 0 Å². The van der Waals surface area contributed by atoms with Crippen LogP contribution in [0.2, 0.25) is 0 Å². The van der Waals surface area contributed by atoms with E-state index in [4.69, 9.17) is 14.2 Å². The maximum Gasteiger partial charge on any atom is 0.269 e. The molecule has 0 aliphatic heterocycles. The normalized spacial score (nSPS) is 10.2. The zero-order valence-electron chi connectivity index (χ0n) is 17.8. The number of benzene rings is 2. The van der Waals surface area contributed by atoms with Crippen LogP contribution < -0.4 is 25.1 Å². The first kappa shape index (κ1) is 23.1. The number of unbranched alkanes of at least 4 members (excludes halogenated alkanes) is 4. The second kappa shape index (κ2) is 12.4. The monoisotopic (exact) mass is 414 g/mol. The Kier molecular flexibility index (Phi) is 9.51. The number of amides is 2. The smallest absolute Gasteiger partial charge is 0.269 e. The van der Waals surface area contributed by atoms with Crippen LogP contribution in [-0.4, -0.2) is 32.6 Å². The van der Waals surface area contributed by atoms with Crippen LogP contribution in [0.4, 0.5) is 0 Å². The van der Waals surface area contributed by atoms with Crippen molar-refractivity contribution < 1.29 is 23.8 Å². The van der Waals surface area contributed by atoms with Crippen molar-refractivity contribution in [1.29, 1.82) is 0 Å². The lowest BCUT2D eigenvalue weighted by atomic mass is 10.2. The Hall–Kier alpha value is -3.22. The van der Waals surface area contributed by atoms with Crippen molar-refractivity contribution >= 4 is 11.8 Å². The summed E-state index contributed by atoms with van der Waals surface area (Å²) in [7, 11) is 3.00. The first-order valence-corrected chi connectivity index (χ1v) is 10.1. The van der Waals surface area contributed by atoms with E-state index < -0.39 is 11.8 Å². The molecule has 0 aliphatic rings. The van der Waals surface area contributed by atoms with Gasteiger partial charge < -0.3 is 14.2 Å². The molecule has 2 rings (SSSR count). The zero-order chi connectivity index (χ0) is 21.8. The van der Waals surface area contributed by atoms with Crippen LogP contribution >= 0.6 is 0 Å². The van der Waals surface area contributed by atoms with Crippen LogP contribution in [0, 0.1) is 0 Å². The van der Waals surface area contributed by atoms with E-state index >= 15 is 0 Å². The molecule has 0 fully saturated rings. The summed E-state index contributed by atoms with van der Waals surface area (Å²) < 4.78 is 16.0. The lowest BCUT2D eigenvalue weighted by molar-refractivity contribution is 0.0846. The van der Waals surface area contributed by atoms with Gasteiger partial charge in [0.25, 0.3) is 11.8 Å². The molecule has 30 heavy (non-hydrogen) atoms. The van der Waals surface area contributed by atoms with Gasteiger partial charge in [0, 0.05) is 11.1 Å². The molecule has 0 bridgehead atoms. The van der Waals surface area contributed by atoms with Crippen molar-refractivity contribution in [2.24, 2.45) is 0 Å². The molecule has 2 amide bonds. The SMILES string of the molecule is CCCCCCCOc1ccc(C(=O)NNC(=O)c2ccc(OC)c(OC)c2)cc1. The fourth-order valence-electron chi connectivity index (χ4n) is 2.83. The van der Waals surface area contributed by atoms with E-state index in [0.29, 0.717) is 29.2 Å². The van der Waals surface area contributed by atoms with Crippen molar-refractivity contribution in [1.82, 2.24) is 10.9 Å². The number of hydrogen-bond acceptors (Lipinski definition) is 5. The van der Waals surface area contributed by atoms with Crippen LogP contribution in [0.25, 0.3) is 0 Å². The Morgan fingerprint density at radius 2 is 1.37 bits per heavy atom. The van der Waals surface area contributed by atoms with Gasteiger partial charge in [-0.05, 0) is 48.9 Å². The van der Waals surface area contributed by atoms with E-state index in [9.17, 15) is 9.59 Å². The molecule has 2 aromatic carbocycles. The molecule has 0 unspecified atom stereocenters. The number of ether oxygens (including phenoxy) is 3. The van der Waals surface area contributed by atoms with Crippen molar-refractivity contribution in [3.63, 3.8) is 0 Å². The van der Waals surface area contributed by atoms with E-state index in [1.807, 2.05) is 0 Å². The molecule has 0 radical (unpaired) electrons. The van der Waals surface area contributed by atoms with E-state index in [1.165, 1.54) is 39.5 Å². The molecule has 0 aromatic heterocycles. The highest BCUT2D eigenvalue weighted by Gasteiger charge is 2.12. The summed E-state index contributed by atoms with van der Waals surface area (Å²) in [5, 5.41) is 0. The molecular weight excluding hydrogens is 384 g/mol. The quantitative estimate of drug-likeness (QED) is 0.427. The maximum atomic E-state index is 12.3. The summed E-state index contributed by atoms with van der Waals surface area (Å²) in [6.45, 7) is 2.85. The van der Waals surface area contributed by atoms with Gasteiger partial charge in [0.2, 0.25) is 0 Å². The molecule has 162 valence electrons. The van der Waals surface area contributed by atoms with Gasteiger partial charge in [-0.3, -0.25) is 20.4 Å². The van der Waals surface area contributed by atoms with Crippen LogP contribution in [0.3, 0.4) is 0 Å². The summed E-state index contributed by atoms with van der Waals surface area (Å²) >= 11 is 0. The maximum absolute atomic E-state index is 12.3. The number of hydrogen-bond donors (Lipinski definition) is 2. The molecular formula is C23H30N2O5. The predicted octanol–water partition coefficient (Wildman–Crippen LogP) is 4.13. The second-order valence-corrected chi connectivity index (χ2v) is 6.77. The molecule has 0 atom stereocenters. The third-order valence-corrected chi connectivity index (χ3v) is 4.57. The van der Waals surface area contributed by atoms with Crippen molar-refractivity contribution in [3.05, 3.63) is 53.6 Å². The summed E-state index contributed by atoms with van der Waals surface area (Å²) in [6.07, 6.45) is 5.89. The van der Waals surface area contributed by atoms with Gasteiger partial charge in [-0.2, -0.15) is 0 Å². The van der Waals surface area contributed by atoms with Crippen molar-refractivity contribution in [2.75, 3.05) is 20.8 Å². The Morgan fingerprint density at radius 1 is 0.767 bits per heavy atom. The molecule has 2 N–H and O–H groups in total. The molecule has 2 aromatic rings. The number of carbonyl (C=O) groups excluding carboxylic acids is 2. The Balaban J connectivity index is 1.81. The third-order valence-electron chi connectivity index (χ3n) is 4.57.